The van der Waals surface area contributed by atoms with E-state index in [1.807, 2.05) is 0 Å². The molecule has 1 aliphatic carbocycles. The highest BCUT2D eigenvalue weighted by atomic mass is 19.4. The smallest absolute Gasteiger partial charge is 0.422 e. The van der Waals surface area contributed by atoms with Crippen molar-refractivity contribution in [3.63, 3.8) is 0 Å². The maximum absolute atomic E-state index is 13.5. The molecule has 0 unspecified atom stereocenters. The molecule has 1 spiro atoms. The summed E-state index contributed by atoms with van der Waals surface area (Å²) in [5.41, 5.74) is 1.18. The number of rotatable bonds is 4. The van der Waals surface area contributed by atoms with E-state index in [0.29, 0.717) is 44.3 Å². The van der Waals surface area contributed by atoms with E-state index in [2.05, 4.69) is 5.32 Å². The number of hydrogen-bond donors (Lipinski definition) is 1. The Kier molecular flexibility index (Phi) is 6.51. The van der Waals surface area contributed by atoms with E-state index in [-0.39, 0.29) is 29.1 Å². The lowest BCUT2D eigenvalue weighted by molar-refractivity contribution is -0.153. The van der Waals surface area contributed by atoms with Crippen LogP contribution in [0.3, 0.4) is 0 Å². The van der Waals surface area contributed by atoms with E-state index in [1.54, 1.807) is 11.0 Å². The van der Waals surface area contributed by atoms with Gasteiger partial charge in [0.15, 0.2) is 12.4 Å². The summed E-state index contributed by atoms with van der Waals surface area (Å²) in [7, 11) is 0. The maximum Gasteiger partial charge on any atom is 0.422 e. The zero-order valence-corrected chi connectivity index (χ0v) is 18.2. The van der Waals surface area contributed by atoms with Crippen molar-refractivity contribution in [2.75, 3.05) is 19.7 Å². The standard InChI is InChI=1S/C24H23F5N2O3/c25-17-3-1-15-11-23(12-20(32)19(15)9-17)5-7-31(8-6-23)22(33)30-13-16-2-4-18(26)10-21(16)34-14-24(27,28)29/h1-4,9-10H,5-8,11-14H2,(H,30,33). The third-order valence-corrected chi connectivity index (χ3v) is 6.44. The summed E-state index contributed by atoms with van der Waals surface area (Å²) in [5, 5.41) is 2.64. The molecule has 0 bridgehead atoms. The van der Waals surface area contributed by atoms with Crippen molar-refractivity contribution in [2.45, 2.75) is 38.4 Å². The number of Topliss-reactive ketones (excluding diaryl/α,β-unsaturated/α-hetero) is 1. The Bertz CT molecular complexity index is 1090. The first kappa shape index (κ1) is 24.0. The first-order chi connectivity index (χ1) is 16.0. The van der Waals surface area contributed by atoms with Crippen LogP contribution in [0.5, 0.6) is 5.75 Å². The van der Waals surface area contributed by atoms with Gasteiger partial charge < -0.3 is 15.0 Å². The highest BCUT2D eigenvalue weighted by Crippen LogP contribution is 2.43. The van der Waals surface area contributed by atoms with Crippen LogP contribution in [0.25, 0.3) is 0 Å². The van der Waals surface area contributed by atoms with Gasteiger partial charge in [0, 0.05) is 43.2 Å². The number of carbonyl (C=O) groups excluding carboxylic acids is 2. The number of ether oxygens (including phenoxy) is 1. The molecule has 2 aromatic carbocycles. The van der Waals surface area contributed by atoms with Crippen LogP contribution in [0.15, 0.2) is 36.4 Å². The molecule has 1 aliphatic heterocycles. The molecule has 2 aromatic rings. The molecule has 1 N–H and O–H groups in total. The molecule has 0 saturated carbocycles. The predicted molar refractivity (Wildman–Crippen MR) is 112 cm³/mol. The quantitative estimate of drug-likeness (QED) is 0.623. The Labute approximate surface area is 192 Å². The zero-order valence-electron chi connectivity index (χ0n) is 18.2. The highest BCUT2D eigenvalue weighted by Gasteiger charge is 2.41. The van der Waals surface area contributed by atoms with Crippen molar-refractivity contribution in [3.8, 4) is 5.75 Å². The molecule has 4 rings (SSSR count). The Morgan fingerprint density at radius 3 is 2.41 bits per heavy atom. The minimum atomic E-state index is -4.58. The van der Waals surface area contributed by atoms with Gasteiger partial charge in [-0.2, -0.15) is 13.2 Å². The van der Waals surface area contributed by atoms with Crippen molar-refractivity contribution >= 4 is 11.8 Å². The van der Waals surface area contributed by atoms with Crippen molar-refractivity contribution in [1.82, 2.24) is 10.2 Å². The molecule has 1 heterocycles. The maximum atomic E-state index is 13.5. The second kappa shape index (κ2) is 9.23. The van der Waals surface area contributed by atoms with E-state index in [0.717, 1.165) is 17.7 Å². The van der Waals surface area contributed by atoms with Crippen LogP contribution in [0.1, 0.15) is 40.7 Å². The van der Waals surface area contributed by atoms with Crippen LogP contribution >= 0.6 is 0 Å². The number of amides is 2. The van der Waals surface area contributed by atoms with E-state index < -0.39 is 30.4 Å². The number of alkyl halides is 3. The van der Waals surface area contributed by atoms with Crippen LogP contribution in [-0.2, 0) is 13.0 Å². The third-order valence-electron chi connectivity index (χ3n) is 6.44. The Morgan fingerprint density at radius 1 is 1.03 bits per heavy atom. The summed E-state index contributed by atoms with van der Waals surface area (Å²) in [6.07, 6.45) is -2.45. The molecule has 182 valence electrons. The first-order valence-corrected chi connectivity index (χ1v) is 10.9. The van der Waals surface area contributed by atoms with Gasteiger partial charge in [0.1, 0.15) is 17.4 Å². The summed E-state index contributed by atoms with van der Waals surface area (Å²) in [4.78, 5) is 26.8. The molecule has 0 aromatic heterocycles. The average molecular weight is 482 g/mol. The molecule has 2 aliphatic rings. The van der Waals surface area contributed by atoms with Crippen molar-refractivity contribution in [3.05, 3.63) is 64.7 Å². The number of nitrogens with one attached hydrogen (secondary N) is 1. The van der Waals surface area contributed by atoms with Gasteiger partial charge in [-0.25, -0.2) is 13.6 Å². The van der Waals surface area contributed by atoms with Gasteiger partial charge in [-0.05, 0) is 48.4 Å². The van der Waals surface area contributed by atoms with Crippen molar-refractivity contribution in [1.29, 1.82) is 0 Å². The van der Waals surface area contributed by atoms with Crippen LogP contribution in [0, 0.1) is 17.0 Å². The van der Waals surface area contributed by atoms with E-state index >= 15 is 0 Å². The topological polar surface area (TPSA) is 58.6 Å². The van der Waals surface area contributed by atoms with Gasteiger partial charge in [0.2, 0.25) is 0 Å². The molecule has 2 amide bonds. The second-order valence-corrected chi connectivity index (χ2v) is 8.88. The second-order valence-electron chi connectivity index (χ2n) is 8.88. The number of benzene rings is 2. The van der Waals surface area contributed by atoms with Gasteiger partial charge in [0.05, 0.1) is 0 Å². The highest BCUT2D eigenvalue weighted by molar-refractivity contribution is 5.99. The van der Waals surface area contributed by atoms with Crippen LogP contribution < -0.4 is 10.1 Å². The van der Waals surface area contributed by atoms with Gasteiger partial charge in [-0.3, -0.25) is 4.79 Å². The largest absolute Gasteiger partial charge is 0.484 e. The van der Waals surface area contributed by atoms with Gasteiger partial charge >= 0.3 is 12.2 Å². The van der Waals surface area contributed by atoms with Gasteiger partial charge in [0.25, 0.3) is 0 Å². The summed E-state index contributed by atoms with van der Waals surface area (Å²) in [6.45, 7) is -0.904. The van der Waals surface area contributed by atoms with Crippen molar-refractivity contribution < 1.29 is 36.3 Å². The Hall–Kier alpha value is -3.17. The normalized spacial score (nSPS) is 17.4. The average Bonchev–Trinajstić information content (AvgIpc) is 2.77. The fraction of sp³-hybridized carbons (Fsp3) is 0.417. The summed E-state index contributed by atoms with van der Waals surface area (Å²) >= 11 is 0. The fourth-order valence-corrected chi connectivity index (χ4v) is 4.65. The Morgan fingerprint density at radius 2 is 1.71 bits per heavy atom. The molecule has 0 atom stereocenters. The number of ketones is 1. The first-order valence-electron chi connectivity index (χ1n) is 10.9. The molecule has 1 fully saturated rings. The summed E-state index contributed by atoms with van der Waals surface area (Å²) in [5.74, 6) is -1.57. The molecule has 0 radical (unpaired) electrons. The number of piperidine rings is 1. The van der Waals surface area contributed by atoms with E-state index in [9.17, 15) is 31.5 Å². The molecule has 5 nitrogen and oxygen atoms in total. The lowest BCUT2D eigenvalue weighted by Crippen LogP contribution is -2.49. The van der Waals surface area contributed by atoms with Crippen LogP contribution in [0.2, 0.25) is 0 Å². The predicted octanol–water partition coefficient (Wildman–Crippen LogP) is 5.03. The molecule has 34 heavy (non-hydrogen) atoms. The van der Waals surface area contributed by atoms with Gasteiger partial charge in [-0.1, -0.05) is 12.1 Å². The number of fused-ring (bicyclic) bond motifs is 1. The minimum absolute atomic E-state index is 0.0960. The zero-order chi connectivity index (χ0) is 24.5. The number of likely N-dealkylation sites (tertiary alicyclic amines) is 1. The van der Waals surface area contributed by atoms with E-state index in [1.165, 1.54) is 18.2 Å². The van der Waals surface area contributed by atoms with Crippen LogP contribution in [-0.4, -0.2) is 42.6 Å². The van der Waals surface area contributed by atoms with Gasteiger partial charge in [-0.15, -0.1) is 0 Å². The van der Waals surface area contributed by atoms with E-state index in [4.69, 9.17) is 4.74 Å². The number of halogens is 5. The number of urea groups is 1. The Balaban J connectivity index is 1.34. The fourth-order valence-electron chi connectivity index (χ4n) is 4.65. The van der Waals surface area contributed by atoms with Crippen molar-refractivity contribution in [2.24, 2.45) is 5.41 Å². The number of nitrogens with zero attached hydrogens (tertiary/aromatic N) is 1. The minimum Gasteiger partial charge on any atom is -0.484 e. The number of hydrogen-bond acceptors (Lipinski definition) is 3. The van der Waals surface area contributed by atoms with Crippen LogP contribution in [0.4, 0.5) is 26.7 Å². The molecular formula is C24H23F5N2O3. The third kappa shape index (κ3) is 5.48. The molecule has 10 heteroatoms. The monoisotopic (exact) mass is 482 g/mol. The lowest BCUT2D eigenvalue weighted by atomic mass is 9.66. The summed E-state index contributed by atoms with van der Waals surface area (Å²) in [6, 6.07) is 7.04. The molecule has 1 saturated heterocycles. The summed E-state index contributed by atoms with van der Waals surface area (Å²) < 4.78 is 69.1. The molecular weight excluding hydrogens is 459 g/mol. The SMILES string of the molecule is O=C1CC2(CCN(C(=O)NCc3ccc(F)cc3OCC(F)(F)F)CC2)Cc2ccc(F)cc21. The number of carbonyl (C=O) groups is 2. The lowest BCUT2D eigenvalue weighted by Gasteiger charge is -2.44.